The molecule has 0 bridgehead atoms. The number of aliphatic carboxylic acids is 1. The van der Waals surface area contributed by atoms with Crippen molar-refractivity contribution in [1.29, 1.82) is 0 Å². The van der Waals surface area contributed by atoms with E-state index >= 15 is 0 Å². The van der Waals surface area contributed by atoms with Crippen molar-refractivity contribution in [2.24, 2.45) is 0 Å². The van der Waals surface area contributed by atoms with Gasteiger partial charge in [-0.25, -0.2) is 0 Å². The van der Waals surface area contributed by atoms with Gasteiger partial charge in [0.2, 0.25) is 5.91 Å². The van der Waals surface area contributed by atoms with Crippen molar-refractivity contribution < 1.29 is 24.2 Å². The Hall–Kier alpha value is -3.80. The third-order valence-corrected chi connectivity index (χ3v) is 5.24. The topological polar surface area (TPSA) is 76.1 Å². The number of benzene rings is 3. The summed E-state index contributed by atoms with van der Waals surface area (Å²) in [6, 6.07) is 23.2. The zero-order valence-electron chi connectivity index (χ0n) is 19.2. The van der Waals surface area contributed by atoms with E-state index in [-0.39, 0.29) is 12.3 Å². The average Bonchev–Trinajstić information content (AvgIpc) is 2.82. The first-order chi connectivity index (χ1) is 15.9. The minimum absolute atomic E-state index is 0.238. The van der Waals surface area contributed by atoms with Gasteiger partial charge in [-0.3, -0.25) is 9.59 Å². The van der Waals surface area contributed by atoms with E-state index in [1.807, 2.05) is 43.3 Å². The van der Waals surface area contributed by atoms with E-state index in [0.29, 0.717) is 24.5 Å². The van der Waals surface area contributed by atoms with Crippen molar-refractivity contribution in [3.8, 4) is 22.6 Å². The molecule has 0 saturated carbocycles. The van der Waals surface area contributed by atoms with Crippen molar-refractivity contribution in [1.82, 2.24) is 4.90 Å². The molecular formula is C27H29NO5. The summed E-state index contributed by atoms with van der Waals surface area (Å²) in [6.07, 6.45) is -0.253. The fourth-order valence-corrected chi connectivity index (χ4v) is 3.52. The molecule has 1 amide bonds. The molecule has 0 fully saturated rings. The summed E-state index contributed by atoms with van der Waals surface area (Å²) in [7, 11) is 3.24. The predicted octanol–water partition coefficient (Wildman–Crippen LogP) is 4.98. The first kappa shape index (κ1) is 23.9. The van der Waals surface area contributed by atoms with Crippen molar-refractivity contribution >= 4 is 11.9 Å². The Labute approximate surface area is 194 Å². The second kappa shape index (κ2) is 11.2. The van der Waals surface area contributed by atoms with Crippen LogP contribution in [0.3, 0.4) is 0 Å². The molecule has 0 heterocycles. The Bertz CT molecular complexity index is 1070. The molecule has 172 valence electrons. The van der Waals surface area contributed by atoms with Crippen LogP contribution in [0.1, 0.15) is 30.4 Å². The van der Waals surface area contributed by atoms with Crippen LogP contribution in [0.5, 0.6) is 11.5 Å². The Morgan fingerprint density at radius 2 is 1.58 bits per heavy atom. The molecular weight excluding hydrogens is 418 g/mol. The van der Waals surface area contributed by atoms with Gasteiger partial charge >= 0.3 is 5.97 Å². The number of amides is 1. The number of carboxylic acids is 1. The third kappa shape index (κ3) is 6.59. The molecule has 1 N–H and O–H groups in total. The van der Waals surface area contributed by atoms with Gasteiger partial charge in [0.15, 0.2) is 0 Å². The van der Waals surface area contributed by atoms with Crippen LogP contribution < -0.4 is 9.47 Å². The van der Waals surface area contributed by atoms with Crippen LogP contribution in [-0.4, -0.2) is 42.6 Å². The lowest BCUT2D eigenvalue weighted by atomic mass is 9.94. The molecule has 0 saturated heterocycles. The van der Waals surface area contributed by atoms with Crippen LogP contribution in [0, 0.1) is 0 Å². The highest BCUT2D eigenvalue weighted by Gasteiger charge is 2.25. The fraction of sp³-hybridized carbons (Fsp3) is 0.259. The molecule has 3 rings (SSSR count). The van der Waals surface area contributed by atoms with Gasteiger partial charge in [0.1, 0.15) is 18.1 Å². The first-order valence-corrected chi connectivity index (χ1v) is 10.8. The lowest BCUT2D eigenvalue weighted by Gasteiger charge is -2.19. The van der Waals surface area contributed by atoms with Crippen molar-refractivity contribution in [2.75, 3.05) is 20.7 Å². The molecule has 33 heavy (non-hydrogen) atoms. The van der Waals surface area contributed by atoms with Crippen molar-refractivity contribution in [2.45, 2.75) is 25.9 Å². The van der Waals surface area contributed by atoms with E-state index in [4.69, 9.17) is 14.6 Å². The minimum Gasteiger partial charge on any atom is -0.494 e. The largest absolute Gasteiger partial charge is 0.494 e. The minimum atomic E-state index is -1.01. The molecule has 6 nitrogen and oxygen atoms in total. The van der Waals surface area contributed by atoms with Crippen LogP contribution in [0.15, 0.2) is 72.8 Å². The molecule has 6 heteroatoms. The van der Waals surface area contributed by atoms with E-state index in [1.54, 1.807) is 38.4 Å². The maximum atomic E-state index is 12.4. The predicted molar refractivity (Wildman–Crippen MR) is 128 cm³/mol. The zero-order chi connectivity index (χ0) is 23.8. The third-order valence-electron chi connectivity index (χ3n) is 5.24. The van der Waals surface area contributed by atoms with Gasteiger partial charge in [-0.2, -0.15) is 0 Å². The number of rotatable bonds is 10. The molecule has 0 spiro atoms. The maximum Gasteiger partial charge on any atom is 0.304 e. The Morgan fingerprint density at radius 3 is 2.18 bits per heavy atom. The standard InChI is InChI=1S/C27H29NO5/c1-4-32-24-7-5-6-22(16-24)20-10-8-19(9-11-20)18-33-23-14-12-21(13-15-23)25(17-26(29)30)27(31)28(2)3/h5-16,25H,4,17-18H2,1-3H3,(H,29,30)/t25-/m0/s1. The summed E-state index contributed by atoms with van der Waals surface area (Å²) in [5, 5.41) is 9.17. The highest BCUT2D eigenvalue weighted by molar-refractivity contribution is 5.87. The van der Waals surface area contributed by atoms with E-state index < -0.39 is 11.9 Å². The summed E-state index contributed by atoms with van der Waals surface area (Å²) >= 11 is 0. The smallest absolute Gasteiger partial charge is 0.304 e. The molecule has 0 aliphatic carbocycles. The van der Waals surface area contributed by atoms with Crippen LogP contribution in [0.2, 0.25) is 0 Å². The number of carbonyl (C=O) groups excluding carboxylic acids is 1. The maximum absolute atomic E-state index is 12.4. The molecule has 0 unspecified atom stereocenters. The number of likely N-dealkylation sites (N-methyl/N-ethyl adjacent to an activating group) is 1. The second-order valence-corrected chi connectivity index (χ2v) is 7.90. The number of carboxylic acid groups (broad SMARTS) is 1. The Balaban J connectivity index is 1.63. The quantitative estimate of drug-likeness (QED) is 0.474. The Kier molecular flexibility index (Phi) is 8.08. The summed E-state index contributed by atoms with van der Waals surface area (Å²) in [5.41, 5.74) is 3.87. The molecule has 1 atom stereocenters. The molecule has 0 aliphatic heterocycles. The molecule has 0 aliphatic rings. The molecule has 3 aromatic rings. The second-order valence-electron chi connectivity index (χ2n) is 7.90. The van der Waals surface area contributed by atoms with Crippen LogP contribution in [0.4, 0.5) is 0 Å². The molecule has 0 radical (unpaired) electrons. The van der Waals surface area contributed by atoms with E-state index in [9.17, 15) is 9.59 Å². The molecule has 3 aromatic carbocycles. The van der Waals surface area contributed by atoms with E-state index in [2.05, 4.69) is 12.1 Å². The number of ether oxygens (including phenoxy) is 2. The summed E-state index contributed by atoms with van der Waals surface area (Å²) in [4.78, 5) is 25.0. The lowest BCUT2D eigenvalue weighted by Crippen LogP contribution is -2.29. The summed E-state index contributed by atoms with van der Waals surface area (Å²) in [6.45, 7) is 2.99. The fourth-order valence-electron chi connectivity index (χ4n) is 3.52. The lowest BCUT2D eigenvalue weighted by molar-refractivity contribution is -0.141. The van der Waals surface area contributed by atoms with Gasteiger partial charge < -0.3 is 19.5 Å². The first-order valence-electron chi connectivity index (χ1n) is 10.8. The number of nitrogens with zero attached hydrogens (tertiary/aromatic N) is 1. The van der Waals surface area contributed by atoms with Crippen LogP contribution in [0.25, 0.3) is 11.1 Å². The van der Waals surface area contributed by atoms with Gasteiger partial charge in [-0.1, -0.05) is 48.5 Å². The monoisotopic (exact) mass is 447 g/mol. The number of hydrogen-bond acceptors (Lipinski definition) is 4. The van der Waals surface area contributed by atoms with Crippen molar-refractivity contribution in [3.05, 3.63) is 83.9 Å². The van der Waals surface area contributed by atoms with Gasteiger partial charge in [0.25, 0.3) is 0 Å². The van der Waals surface area contributed by atoms with Crippen molar-refractivity contribution in [3.63, 3.8) is 0 Å². The SMILES string of the molecule is CCOc1cccc(-c2ccc(COc3ccc([C@H](CC(=O)O)C(=O)N(C)C)cc3)cc2)c1. The van der Waals surface area contributed by atoms with Gasteiger partial charge in [-0.05, 0) is 53.4 Å². The zero-order valence-corrected chi connectivity index (χ0v) is 19.2. The summed E-state index contributed by atoms with van der Waals surface area (Å²) < 4.78 is 11.5. The highest BCUT2D eigenvalue weighted by Crippen LogP contribution is 2.26. The van der Waals surface area contributed by atoms with E-state index in [0.717, 1.165) is 22.4 Å². The number of carbonyl (C=O) groups is 2. The van der Waals surface area contributed by atoms with E-state index in [1.165, 1.54) is 4.90 Å². The summed E-state index contributed by atoms with van der Waals surface area (Å²) in [5.74, 6) is -0.468. The highest BCUT2D eigenvalue weighted by atomic mass is 16.5. The molecule has 0 aromatic heterocycles. The van der Waals surface area contributed by atoms with Crippen LogP contribution >= 0.6 is 0 Å². The van der Waals surface area contributed by atoms with Gasteiger partial charge in [0, 0.05) is 14.1 Å². The van der Waals surface area contributed by atoms with Gasteiger partial charge in [-0.15, -0.1) is 0 Å². The normalized spacial score (nSPS) is 11.5. The Morgan fingerprint density at radius 1 is 0.879 bits per heavy atom. The van der Waals surface area contributed by atoms with Gasteiger partial charge in [0.05, 0.1) is 18.9 Å². The van der Waals surface area contributed by atoms with Crippen LogP contribution in [-0.2, 0) is 16.2 Å². The average molecular weight is 448 g/mol. The number of hydrogen-bond donors (Lipinski definition) is 1.